The van der Waals surface area contributed by atoms with E-state index in [-0.39, 0.29) is 5.82 Å². The minimum Gasteiger partial charge on any atom is -0.383 e. The molecular formula is C14H22FNO. The molecule has 0 aliphatic carbocycles. The minimum absolute atomic E-state index is 0.148. The van der Waals surface area contributed by atoms with E-state index in [1.54, 1.807) is 19.2 Å². The number of nitrogens with one attached hydrogen (secondary N) is 1. The fraction of sp³-hybridized carbons (Fsp3) is 0.571. The summed E-state index contributed by atoms with van der Waals surface area (Å²) in [6.07, 6.45) is 2.02. The van der Waals surface area contributed by atoms with Gasteiger partial charge in [-0.05, 0) is 36.6 Å². The van der Waals surface area contributed by atoms with Gasteiger partial charge in [-0.1, -0.05) is 25.5 Å². The van der Waals surface area contributed by atoms with E-state index >= 15 is 0 Å². The van der Waals surface area contributed by atoms with E-state index < -0.39 is 0 Å². The lowest BCUT2D eigenvalue weighted by atomic mass is 9.97. The number of halogens is 1. The molecule has 1 unspecified atom stereocenters. The molecule has 0 amide bonds. The van der Waals surface area contributed by atoms with Gasteiger partial charge in [0, 0.05) is 13.7 Å². The van der Waals surface area contributed by atoms with E-state index in [9.17, 15) is 4.39 Å². The second-order valence-corrected chi connectivity index (χ2v) is 4.31. The molecule has 0 bridgehead atoms. The summed E-state index contributed by atoms with van der Waals surface area (Å²) in [4.78, 5) is 0. The first-order valence-electron chi connectivity index (χ1n) is 6.20. The lowest BCUT2D eigenvalue weighted by Crippen LogP contribution is -2.27. The highest BCUT2D eigenvalue weighted by atomic mass is 19.1. The van der Waals surface area contributed by atoms with Gasteiger partial charge in [0.05, 0.1) is 6.61 Å². The van der Waals surface area contributed by atoms with Crippen LogP contribution in [-0.2, 0) is 11.2 Å². The van der Waals surface area contributed by atoms with Crippen molar-refractivity contribution in [2.24, 2.45) is 5.92 Å². The van der Waals surface area contributed by atoms with Gasteiger partial charge in [-0.25, -0.2) is 4.39 Å². The summed E-state index contributed by atoms with van der Waals surface area (Å²) in [5.74, 6) is 0.401. The van der Waals surface area contributed by atoms with Crippen LogP contribution in [0.4, 0.5) is 4.39 Å². The van der Waals surface area contributed by atoms with Gasteiger partial charge in [-0.2, -0.15) is 0 Å². The number of benzene rings is 1. The molecule has 0 aromatic heterocycles. The molecule has 0 aliphatic rings. The average molecular weight is 239 g/mol. The van der Waals surface area contributed by atoms with Crippen molar-refractivity contribution in [2.45, 2.75) is 19.8 Å². The molecule has 3 heteroatoms. The molecule has 0 spiro atoms. The van der Waals surface area contributed by atoms with Crippen molar-refractivity contribution in [3.05, 3.63) is 35.6 Å². The van der Waals surface area contributed by atoms with E-state index in [1.165, 1.54) is 6.07 Å². The van der Waals surface area contributed by atoms with Crippen LogP contribution in [0.25, 0.3) is 0 Å². The van der Waals surface area contributed by atoms with Crippen molar-refractivity contribution in [1.82, 2.24) is 5.32 Å². The van der Waals surface area contributed by atoms with Crippen LogP contribution in [0.2, 0.25) is 0 Å². The molecule has 0 heterocycles. The third-order valence-corrected chi connectivity index (χ3v) is 2.91. The van der Waals surface area contributed by atoms with Crippen molar-refractivity contribution in [3.8, 4) is 0 Å². The zero-order valence-corrected chi connectivity index (χ0v) is 10.7. The smallest absolute Gasteiger partial charge is 0.123 e. The minimum atomic E-state index is -0.148. The van der Waals surface area contributed by atoms with Crippen molar-refractivity contribution < 1.29 is 9.13 Å². The Bertz CT molecular complexity index is 317. The molecule has 1 N–H and O–H groups in total. The highest BCUT2D eigenvalue weighted by Gasteiger charge is 2.07. The van der Waals surface area contributed by atoms with E-state index in [0.717, 1.165) is 38.1 Å². The largest absolute Gasteiger partial charge is 0.383 e. The van der Waals surface area contributed by atoms with Crippen LogP contribution in [0, 0.1) is 11.7 Å². The predicted octanol–water partition coefficient (Wildman–Crippen LogP) is 2.63. The Balaban J connectivity index is 2.35. The summed E-state index contributed by atoms with van der Waals surface area (Å²) in [6.45, 7) is 4.73. The Kier molecular flexibility index (Phi) is 6.82. The number of methoxy groups -OCH3 is 1. The molecule has 0 aliphatic heterocycles. The van der Waals surface area contributed by atoms with Gasteiger partial charge in [0.2, 0.25) is 0 Å². The van der Waals surface area contributed by atoms with Crippen LogP contribution in [0.3, 0.4) is 0 Å². The SMILES string of the molecule is CCC(CNCCOC)Cc1cccc(F)c1. The normalized spacial score (nSPS) is 12.6. The van der Waals surface area contributed by atoms with Gasteiger partial charge >= 0.3 is 0 Å². The maximum absolute atomic E-state index is 13.0. The zero-order valence-electron chi connectivity index (χ0n) is 10.7. The Morgan fingerprint density at radius 2 is 2.24 bits per heavy atom. The second-order valence-electron chi connectivity index (χ2n) is 4.31. The van der Waals surface area contributed by atoms with Crippen LogP contribution >= 0.6 is 0 Å². The average Bonchev–Trinajstić information content (AvgIpc) is 2.33. The Morgan fingerprint density at radius 1 is 1.41 bits per heavy atom. The molecule has 96 valence electrons. The Hall–Kier alpha value is -0.930. The maximum Gasteiger partial charge on any atom is 0.123 e. The Morgan fingerprint density at radius 3 is 2.88 bits per heavy atom. The molecule has 0 saturated heterocycles. The highest BCUT2D eigenvalue weighted by molar-refractivity contribution is 5.16. The summed E-state index contributed by atoms with van der Waals surface area (Å²) in [5.41, 5.74) is 1.07. The molecule has 0 saturated carbocycles. The predicted molar refractivity (Wildman–Crippen MR) is 68.6 cm³/mol. The molecule has 17 heavy (non-hydrogen) atoms. The highest BCUT2D eigenvalue weighted by Crippen LogP contribution is 2.12. The summed E-state index contributed by atoms with van der Waals surface area (Å²) >= 11 is 0. The maximum atomic E-state index is 13.0. The van der Waals surface area contributed by atoms with Crippen LogP contribution in [0.15, 0.2) is 24.3 Å². The van der Waals surface area contributed by atoms with Crippen LogP contribution in [0.1, 0.15) is 18.9 Å². The van der Waals surface area contributed by atoms with E-state index in [2.05, 4.69) is 12.2 Å². The lowest BCUT2D eigenvalue weighted by Gasteiger charge is -2.15. The van der Waals surface area contributed by atoms with Gasteiger partial charge in [0.25, 0.3) is 0 Å². The first-order valence-corrected chi connectivity index (χ1v) is 6.20. The van der Waals surface area contributed by atoms with Crippen molar-refractivity contribution >= 4 is 0 Å². The van der Waals surface area contributed by atoms with E-state index in [4.69, 9.17) is 4.74 Å². The quantitative estimate of drug-likeness (QED) is 0.704. The van der Waals surface area contributed by atoms with Crippen LogP contribution < -0.4 is 5.32 Å². The summed E-state index contributed by atoms with van der Waals surface area (Å²) in [7, 11) is 1.70. The topological polar surface area (TPSA) is 21.3 Å². The standard InChI is InChI=1S/C14H22FNO/c1-3-12(11-16-7-8-17-2)9-13-5-4-6-14(15)10-13/h4-6,10,12,16H,3,7-9,11H2,1-2H3. The first kappa shape index (κ1) is 14.1. The number of hydrogen-bond acceptors (Lipinski definition) is 2. The van der Waals surface area contributed by atoms with Gasteiger partial charge in [-0.15, -0.1) is 0 Å². The number of hydrogen-bond donors (Lipinski definition) is 1. The van der Waals surface area contributed by atoms with E-state index in [0.29, 0.717) is 5.92 Å². The molecule has 2 nitrogen and oxygen atoms in total. The van der Waals surface area contributed by atoms with Gasteiger partial charge in [0.15, 0.2) is 0 Å². The van der Waals surface area contributed by atoms with Crippen molar-refractivity contribution in [2.75, 3.05) is 26.8 Å². The van der Waals surface area contributed by atoms with Gasteiger partial charge in [-0.3, -0.25) is 0 Å². The zero-order chi connectivity index (χ0) is 12.5. The third-order valence-electron chi connectivity index (χ3n) is 2.91. The van der Waals surface area contributed by atoms with E-state index in [1.807, 2.05) is 6.07 Å². The fourth-order valence-corrected chi connectivity index (χ4v) is 1.84. The molecule has 1 rings (SSSR count). The Labute approximate surface area is 103 Å². The number of ether oxygens (including phenoxy) is 1. The third kappa shape index (κ3) is 5.80. The molecule has 1 aromatic carbocycles. The van der Waals surface area contributed by atoms with Crippen molar-refractivity contribution in [3.63, 3.8) is 0 Å². The molecule has 1 aromatic rings. The monoisotopic (exact) mass is 239 g/mol. The molecular weight excluding hydrogens is 217 g/mol. The second kappa shape index (κ2) is 8.20. The molecule has 1 atom stereocenters. The molecule has 0 radical (unpaired) electrons. The van der Waals surface area contributed by atoms with Crippen LogP contribution in [-0.4, -0.2) is 26.8 Å². The number of rotatable bonds is 8. The summed E-state index contributed by atoms with van der Waals surface area (Å²) in [5, 5.41) is 3.35. The van der Waals surface area contributed by atoms with Crippen molar-refractivity contribution in [1.29, 1.82) is 0 Å². The van der Waals surface area contributed by atoms with Gasteiger partial charge < -0.3 is 10.1 Å². The first-order chi connectivity index (χ1) is 8.26. The summed E-state index contributed by atoms with van der Waals surface area (Å²) < 4.78 is 18.0. The summed E-state index contributed by atoms with van der Waals surface area (Å²) in [6, 6.07) is 6.87. The fourth-order valence-electron chi connectivity index (χ4n) is 1.84. The van der Waals surface area contributed by atoms with Crippen LogP contribution in [0.5, 0.6) is 0 Å². The lowest BCUT2D eigenvalue weighted by molar-refractivity contribution is 0.197. The molecule has 0 fully saturated rings. The van der Waals surface area contributed by atoms with Gasteiger partial charge in [0.1, 0.15) is 5.82 Å².